The maximum Gasteiger partial charge on any atom is 0.308 e. The maximum absolute atomic E-state index is 13.4. The first kappa shape index (κ1) is 40.1. The molecule has 0 aromatic heterocycles. The van der Waals surface area contributed by atoms with Gasteiger partial charge in [0, 0.05) is 31.3 Å². The van der Waals surface area contributed by atoms with Gasteiger partial charge < -0.3 is 44.0 Å². The lowest BCUT2D eigenvalue weighted by molar-refractivity contribution is -0.362. The van der Waals surface area contributed by atoms with E-state index in [0.29, 0.717) is 19.3 Å². The number of rotatable bonds is 16. The fourth-order valence-electron chi connectivity index (χ4n) is 7.98. The minimum absolute atomic E-state index is 0.0255. The van der Waals surface area contributed by atoms with Crippen molar-refractivity contribution in [3.05, 3.63) is 35.9 Å². The molecule has 49 heavy (non-hydrogen) atoms. The largest absolute Gasteiger partial charge is 0.469 e. The molecule has 4 rings (SSSR count). The summed E-state index contributed by atoms with van der Waals surface area (Å²) < 4.78 is 45.0. The van der Waals surface area contributed by atoms with Crippen LogP contribution in [0.25, 0.3) is 0 Å². The van der Waals surface area contributed by atoms with Gasteiger partial charge >= 0.3 is 11.9 Å². The molecule has 1 spiro atoms. The average Bonchev–Trinajstić information content (AvgIpc) is 3.10. The van der Waals surface area contributed by atoms with Gasteiger partial charge in [-0.2, -0.15) is 0 Å². The highest BCUT2D eigenvalue weighted by atomic mass is 28.4. The SMILES string of the molecule is CC[Si](CC)(CC)OC1[C@H](CC(=O)OCc2ccccc2)O[C@]2(C[C@H](N)C3O[C@H](CC(=O)OC)C(O[Si](CC)(CC)CC)CC3O2)C[C@@H]1N. The van der Waals surface area contributed by atoms with Crippen molar-refractivity contribution in [1.29, 1.82) is 0 Å². The lowest BCUT2D eigenvalue weighted by Gasteiger charge is -2.56. The Morgan fingerprint density at radius 3 is 1.96 bits per heavy atom. The molecule has 0 amide bonds. The Hall–Kier alpha value is -1.69. The zero-order valence-corrected chi connectivity index (χ0v) is 32.8. The number of nitrogens with two attached hydrogens (primary N) is 2. The van der Waals surface area contributed by atoms with Crippen molar-refractivity contribution < 1.29 is 42.1 Å². The van der Waals surface area contributed by atoms with Gasteiger partial charge in [0.25, 0.3) is 0 Å². The van der Waals surface area contributed by atoms with E-state index in [1.54, 1.807) is 0 Å². The number of hydrogen-bond acceptors (Lipinski definition) is 11. The average molecular weight is 723 g/mol. The fourth-order valence-corrected chi connectivity index (χ4v) is 13.8. The maximum atomic E-state index is 13.4. The molecule has 1 aromatic rings. The first-order chi connectivity index (χ1) is 23.4. The molecule has 4 unspecified atom stereocenters. The molecule has 13 heteroatoms. The molecular formula is C36H62N2O9Si2. The Bertz CT molecular complexity index is 1190. The highest BCUT2D eigenvalue weighted by Crippen LogP contribution is 2.45. The first-order valence-corrected chi connectivity index (χ1v) is 23.6. The van der Waals surface area contributed by atoms with Crippen LogP contribution >= 0.6 is 0 Å². The van der Waals surface area contributed by atoms with Gasteiger partial charge in [-0.25, -0.2) is 0 Å². The first-order valence-electron chi connectivity index (χ1n) is 18.6. The monoisotopic (exact) mass is 722 g/mol. The third-order valence-electron chi connectivity index (χ3n) is 11.5. The second kappa shape index (κ2) is 17.7. The highest BCUT2D eigenvalue weighted by Gasteiger charge is 2.58. The minimum atomic E-state index is -2.13. The summed E-state index contributed by atoms with van der Waals surface area (Å²) in [5, 5.41) is 0. The summed E-state index contributed by atoms with van der Waals surface area (Å²) in [4.78, 5) is 25.8. The van der Waals surface area contributed by atoms with E-state index < -0.39 is 65.0 Å². The van der Waals surface area contributed by atoms with E-state index in [1.807, 2.05) is 30.3 Å². The third-order valence-corrected chi connectivity index (χ3v) is 20.8. The van der Waals surface area contributed by atoms with Crippen molar-refractivity contribution >= 4 is 28.6 Å². The number of benzene rings is 1. The Labute approximate surface area is 295 Å². The molecule has 3 saturated heterocycles. The normalized spacial score (nSPS) is 32.0. The van der Waals surface area contributed by atoms with E-state index in [9.17, 15) is 9.59 Å². The van der Waals surface area contributed by atoms with Gasteiger partial charge in [0.15, 0.2) is 22.4 Å². The van der Waals surface area contributed by atoms with Crippen LogP contribution in [0.4, 0.5) is 0 Å². The van der Waals surface area contributed by atoms with Gasteiger partial charge in [-0.05, 0) is 41.8 Å². The molecular weight excluding hydrogens is 661 g/mol. The standard InChI is InChI=1S/C36H62N2O9Si2/c1-8-48(9-2,10-3)46-29-19-30-34(43-28(29)20-32(39)41-7)26(37)22-36(44-30)23-27(38)35(47-49(11-4,12-5)13-6)31(45-36)21-33(40)42-24-25-17-15-14-16-18-25/h14-18,26-31,34-35H,8-13,19-24,37-38H2,1-7H3/t26-,27-,28+,29?,30?,31-,34?,35?,36+/m0/s1. The molecule has 3 fully saturated rings. The van der Waals surface area contributed by atoms with Gasteiger partial charge in [0.05, 0.1) is 56.6 Å². The van der Waals surface area contributed by atoms with E-state index in [-0.39, 0.29) is 37.5 Å². The molecule has 0 bridgehead atoms. The van der Waals surface area contributed by atoms with E-state index in [2.05, 4.69) is 41.5 Å². The number of esters is 2. The van der Waals surface area contributed by atoms with E-state index >= 15 is 0 Å². The smallest absolute Gasteiger partial charge is 0.308 e. The number of carbonyl (C=O) groups excluding carboxylic acids is 2. The zero-order chi connectivity index (χ0) is 35.8. The van der Waals surface area contributed by atoms with Crippen LogP contribution in [0.5, 0.6) is 0 Å². The van der Waals surface area contributed by atoms with Crippen molar-refractivity contribution in [3.8, 4) is 0 Å². The molecule has 0 aliphatic carbocycles. The van der Waals surface area contributed by atoms with E-state index in [4.69, 9.17) is 44.0 Å². The van der Waals surface area contributed by atoms with Crippen LogP contribution in [0.1, 0.15) is 79.2 Å². The number of methoxy groups -OCH3 is 1. The summed E-state index contributed by atoms with van der Waals surface area (Å²) in [6, 6.07) is 14.4. The quantitative estimate of drug-likeness (QED) is 0.163. The molecule has 9 atom stereocenters. The Morgan fingerprint density at radius 1 is 0.796 bits per heavy atom. The van der Waals surface area contributed by atoms with Crippen molar-refractivity contribution in [2.45, 2.75) is 171 Å². The number of fused-ring (bicyclic) bond motifs is 1. The highest BCUT2D eigenvalue weighted by molar-refractivity contribution is 6.74. The number of ether oxygens (including phenoxy) is 5. The topological polar surface area (TPSA) is 151 Å². The van der Waals surface area contributed by atoms with E-state index in [1.165, 1.54) is 7.11 Å². The van der Waals surface area contributed by atoms with Crippen molar-refractivity contribution in [3.63, 3.8) is 0 Å². The van der Waals surface area contributed by atoms with Crippen LogP contribution in [0.2, 0.25) is 36.3 Å². The van der Waals surface area contributed by atoms with Gasteiger partial charge in [-0.15, -0.1) is 0 Å². The van der Waals surface area contributed by atoms with Crippen molar-refractivity contribution in [1.82, 2.24) is 0 Å². The summed E-state index contributed by atoms with van der Waals surface area (Å²) >= 11 is 0. The van der Waals surface area contributed by atoms with Gasteiger partial charge in [-0.3, -0.25) is 9.59 Å². The molecule has 278 valence electrons. The van der Waals surface area contributed by atoms with Gasteiger partial charge in [0.1, 0.15) is 6.61 Å². The molecule has 3 aliphatic rings. The van der Waals surface area contributed by atoms with Crippen LogP contribution in [-0.4, -0.2) is 90.2 Å². The molecule has 0 saturated carbocycles. The summed E-state index contributed by atoms with van der Waals surface area (Å²) in [7, 11) is -2.82. The molecule has 3 aliphatic heterocycles. The lowest BCUT2D eigenvalue weighted by atomic mass is 9.82. The van der Waals surface area contributed by atoms with Gasteiger partial charge in [-0.1, -0.05) is 71.9 Å². The predicted molar refractivity (Wildman–Crippen MR) is 193 cm³/mol. The second-order valence-electron chi connectivity index (χ2n) is 14.2. The summed E-state index contributed by atoms with van der Waals surface area (Å²) in [5.41, 5.74) is 14.8. The number of hydrogen-bond donors (Lipinski definition) is 2. The molecule has 0 radical (unpaired) electrons. The Morgan fingerprint density at radius 2 is 1.37 bits per heavy atom. The predicted octanol–water partition coefficient (Wildman–Crippen LogP) is 5.55. The second-order valence-corrected chi connectivity index (χ2v) is 23.6. The zero-order valence-electron chi connectivity index (χ0n) is 30.8. The van der Waals surface area contributed by atoms with Crippen LogP contribution in [-0.2, 0) is 48.7 Å². The van der Waals surface area contributed by atoms with Crippen LogP contribution in [0, 0.1) is 0 Å². The molecule has 11 nitrogen and oxygen atoms in total. The summed E-state index contributed by atoms with van der Waals surface area (Å²) in [5.74, 6) is -1.88. The minimum Gasteiger partial charge on any atom is -0.469 e. The van der Waals surface area contributed by atoms with Crippen LogP contribution in [0.15, 0.2) is 30.3 Å². The van der Waals surface area contributed by atoms with Gasteiger partial charge in [0.2, 0.25) is 0 Å². The summed E-state index contributed by atoms with van der Waals surface area (Å²) in [6.07, 6.45) is -1.73. The molecule has 3 heterocycles. The Balaban J connectivity index is 1.59. The Kier molecular flexibility index (Phi) is 14.5. The summed E-state index contributed by atoms with van der Waals surface area (Å²) in [6.45, 7) is 13.2. The lowest BCUT2D eigenvalue weighted by Crippen LogP contribution is -2.69. The van der Waals surface area contributed by atoms with Crippen molar-refractivity contribution in [2.75, 3.05) is 7.11 Å². The number of carbonyl (C=O) groups is 2. The van der Waals surface area contributed by atoms with Crippen LogP contribution in [0.3, 0.4) is 0 Å². The van der Waals surface area contributed by atoms with E-state index in [0.717, 1.165) is 41.8 Å². The van der Waals surface area contributed by atoms with Crippen molar-refractivity contribution in [2.24, 2.45) is 11.5 Å². The fraction of sp³-hybridized carbons (Fsp3) is 0.778. The molecule has 1 aromatic carbocycles. The van der Waals surface area contributed by atoms with Crippen LogP contribution < -0.4 is 11.5 Å². The molecule has 4 N–H and O–H groups in total. The third kappa shape index (κ3) is 9.60.